The molecule has 1 aliphatic rings. The molecule has 0 atom stereocenters. The zero-order valence-electron chi connectivity index (χ0n) is 16.6. The molecule has 3 heterocycles. The van der Waals surface area contributed by atoms with Crippen LogP contribution in [0.25, 0.3) is 10.2 Å². The Hall–Kier alpha value is -2.31. The summed E-state index contributed by atoms with van der Waals surface area (Å²) in [5, 5.41) is 1.23. The first kappa shape index (κ1) is 19.0. The number of thiazole rings is 1. The molecule has 0 bridgehead atoms. The van der Waals surface area contributed by atoms with Gasteiger partial charge in [0.25, 0.3) is 0 Å². The molecule has 0 aliphatic carbocycles. The van der Waals surface area contributed by atoms with Gasteiger partial charge >= 0.3 is 0 Å². The fourth-order valence-corrected chi connectivity index (χ4v) is 5.52. The summed E-state index contributed by atoms with van der Waals surface area (Å²) < 4.78 is 1.25. The van der Waals surface area contributed by atoms with E-state index in [0.29, 0.717) is 23.7 Å². The number of rotatable bonds is 5. The molecule has 6 heteroatoms. The van der Waals surface area contributed by atoms with Gasteiger partial charge < -0.3 is 9.88 Å². The van der Waals surface area contributed by atoms with Crippen LogP contribution in [0.2, 0.25) is 0 Å². The molecule has 3 aromatic rings. The molecule has 0 unspecified atom stereocenters. The topological polar surface area (TPSA) is 67.3 Å². The summed E-state index contributed by atoms with van der Waals surface area (Å²) in [7, 11) is 0. The van der Waals surface area contributed by atoms with Crippen molar-refractivity contribution in [3.8, 4) is 0 Å². The summed E-state index contributed by atoms with van der Waals surface area (Å²) in [5.41, 5.74) is 3.93. The first-order valence-electron chi connectivity index (χ1n) is 9.86. The van der Waals surface area contributed by atoms with Gasteiger partial charge in [-0.15, -0.1) is 11.3 Å². The minimum Gasteiger partial charge on any atom is -0.355 e. The number of benzene rings is 1. The van der Waals surface area contributed by atoms with Gasteiger partial charge in [-0.05, 0) is 38.5 Å². The fourth-order valence-electron chi connectivity index (χ4n) is 4.39. The lowest BCUT2D eigenvalue weighted by Crippen LogP contribution is -3.13. The lowest BCUT2D eigenvalue weighted by atomic mass is 9.97. The number of H-pyrrole nitrogens is 1. The molecule has 0 spiro atoms. The summed E-state index contributed by atoms with van der Waals surface area (Å²) in [5.74, 6) is 0.603. The van der Waals surface area contributed by atoms with E-state index in [-0.39, 0.29) is 11.6 Å². The molecular weight excluding hydrogens is 370 g/mol. The van der Waals surface area contributed by atoms with Crippen molar-refractivity contribution in [3.05, 3.63) is 51.8 Å². The van der Waals surface area contributed by atoms with E-state index in [1.54, 1.807) is 18.3 Å². The van der Waals surface area contributed by atoms with Crippen LogP contribution in [0.3, 0.4) is 0 Å². The molecule has 1 fully saturated rings. The second-order valence-electron chi connectivity index (χ2n) is 7.83. The molecule has 2 aromatic heterocycles. The van der Waals surface area contributed by atoms with Crippen molar-refractivity contribution in [2.45, 2.75) is 39.5 Å². The number of aromatic amines is 1. The van der Waals surface area contributed by atoms with Crippen LogP contribution >= 0.6 is 11.3 Å². The zero-order valence-corrected chi connectivity index (χ0v) is 17.4. The number of hydrogen-bond acceptors (Lipinski definition) is 4. The normalized spacial score (nSPS) is 19.8. The summed E-state index contributed by atoms with van der Waals surface area (Å²) in [6.45, 7) is 7.70. The van der Waals surface area contributed by atoms with Gasteiger partial charge in [-0.2, -0.15) is 0 Å². The number of ketones is 2. The van der Waals surface area contributed by atoms with Crippen LogP contribution in [0.1, 0.15) is 62.8 Å². The summed E-state index contributed by atoms with van der Waals surface area (Å²) >= 11 is 1.80. The number of likely N-dealkylation sites (tertiary alicyclic amines) is 1. The van der Waals surface area contributed by atoms with E-state index in [1.165, 1.54) is 14.6 Å². The molecule has 4 rings (SSSR count). The molecule has 5 nitrogen and oxygen atoms in total. The van der Waals surface area contributed by atoms with E-state index < -0.39 is 0 Å². The molecular formula is C22H26N3O2S+. The van der Waals surface area contributed by atoms with Crippen molar-refractivity contribution < 1.29 is 14.5 Å². The minimum absolute atomic E-state index is 0.00861. The highest BCUT2D eigenvalue weighted by atomic mass is 32.1. The highest BCUT2D eigenvalue weighted by molar-refractivity contribution is 7.18. The van der Waals surface area contributed by atoms with E-state index in [0.717, 1.165) is 42.7 Å². The number of aromatic nitrogens is 2. The number of carbonyl (C=O) groups is 2. The van der Waals surface area contributed by atoms with Crippen molar-refractivity contribution in [1.29, 1.82) is 0 Å². The Morgan fingerprint density at radius 2 is 1.93 bits per heavy atom. The fraction of sp³-hybridized carbons (Fsp3) is 0.409. The molecule has 1 saturated heterocycles. The van der Waals surface area contributed by atoms with Crippen LogP contribution in [0.15, 0.2) is 24.3 Å². The van der Waals surface area contributed by atoms with Gasteiger partial charge in [0.05, 0.1) is 34.0 Å². The van der Waals surface area contributed by atoms with Crippen LogP contribution < -0.4 is 4.90 Å². The van der Waals surface area contributed by atoms with Gasteiger partial charge in [-0.3, -0.25) is 9.59 Å². The van der Waals surface area contributed by atoms with Crippen molar-refractivity contribution in [1.82, 2.24) is 9.97 Å². The number of carbonyl (C=O) groups excluding carboxylic acids is 2. The Kier molecular flexibility index (Phi) is 5.17. The first-order chi connectivity index (χ1) is 13.4. The second kappa shape index (κ2) is 7.60. The Morgan fingerprint density at radius 1 is 1.21 bits per heavy atom. The largest absolute Gasteiger partial charge is 0.355 e. The van der Waals surface area contributed by atoms with Gasteiger partial charge in [0, 0.05) is 30.0 Å². The van der Waals surface area contributed by atoms with Gasteiger partial charge in [0.15, 0.2) is 5.78 Å². The van der Waals surface area contributed by atoms with E-state index in [2.05, 4.69) is 23.2 Å². The van der Waals surface area contributed by atoms with Crippen molar-refractivity contribution in [3.63, 3.8) is 0 Å². The molecule has 146 valence electrons. The maximum atomic E-state index is 12.8. The predicted molar refractivity (Wildman–Crippen MR) is 112 cm³/mol. The number of Topliss-reactive ketones (excluding diaryl/α,β-unsaturated/α-hetero) is 2. The smallest absolute Gasteiger partial charge is 0.233 e. The third-order valence-electron chi connectivity index (χ3n) is 5.83. The quantitative estimate of drug-likeness (QED) is 0.651. The van der Waals surface area contributed by atoms with E-state index >= 15 is 0 Å². The standard InChI is InChI=1S/C22H25N3O2S/c1-13-20(15(3)26)14(2)23-21(13)18(27)12-25-10-8-16(9-11-25)22-24-17-6-4-5-7-19(17)28-22/h4-7,16,23H,8-12H2,1-3H3/p+1. The SMILES string of the molecule is CC(=O)c1c(C)[nH]c(C(=O)C[NH+]2CCC(c3nc4ccccc4s3)CC2)c1C. The van der Waals surface area contributed by atoms with E-state index in [1.807, 2.05) is 19.9 Å². The second-order valence-corrected chi connectivity index (χ2v) is 8.89. The third kappa shape index (κ3) is 3.54. The van der Waals surface area contributed by atoms with Crippen molar-refractivity contribution in [2.24, 2.45) is 0 Å². The van der Waals surface area contributed by atoms with Gasteiger partial charge in [-0.25, -0.2) is 4.98 Å². The van der Waals surface area contributed by atoms with Gasteiger partial charge in [-0.1, -0.05) is 12.1 Å². The molecule has 1 aromatic carbocycles. The molecule has 2 N–H and O–H groups in total. The number of para-hydroxylation sites is 1. The first-order valence-corrected chi connectivity index (χ1v) is 10.7. The van der Waals surface area contributed by atoms with Crippen LogP contribution in [0.4, 0.5) is 0 Å². The predicted octanol–water partition coefficient (Wildman–Crippen LogP) is 3.09. The lowest BCUT2D eigenvalue weighted by molar-refractivity contribution is -0.896. The molecule has 1 aliphatic heterocycles. The third-order valence-corrected chi connectivity index (χ3v) is 7.03. The Labute approximate surface area is 168 Å². The number of hydrogen-bond donors (Lipinski definition) is 2. The number of piperidine rings is 1. The molecule has 0 saturated carbocycles. The monoisotopic (exact) mass is 396 g/mol. The summed E-state index contributed by atoms with van der Waals surface area (Å²) in [6.07, 6.45) is 2.12. The highest BCUT2D eigenvalue weighted by Crippen LogP contribution is 2.31. The number of aryl methyl sites for hydroxylation is 1. The van der Waals surface area contributed by atoms with Crippen molar-refractivity contribution in [2.75, 3.05) is 19.6 Å². The summed E-state index contributed by atoms with van der Waals surface area (Å²) in [6, 6.07) is 8.30. The number of quaternary nitrogens is 1. The van der Waals surface area contributed by atoms with Crippen LogP contribution in [0.5, 0.6) is 0 Å². The van der Waals surface area contributed by atoms with E-state index in [9.17, 15) is 9.59 Å². The highest BCUT2D eigenvalue weighted by Gasteiger charge is 2.29. The Balaban J connectivity index is 1.40. The molecule has 0 amide bonds. The average Bonchev–Trinajstić information content (AvgIpc) is 3.23. The molecule has 28 heavy (non-hydrogen) atoms. The Morgan fingerprint density at radius 3 is 2.57 bits per heavy atom. The van der Waals surface area contributed by atoms with Gasteiger partial charge in [0.1, 0.15) is 6.54 Å². The van der Waals surface area contributed by atoms with Crippen molar-refractivity contribution >= 4 is 33.1 Å². The Bertz CT molecular complexity index is 1010. The zero-order chi connectivity index (χ0) is 19.8. The summed E-state index contributed by atoms with van der Waals surface area (Å²) in [4.78, 5) is 33.9. The van der Waals surface area contributed by atoms with E-state index in [4.69, 9.17) is 4.98 Å². The number of fused-ring (bicyclic) bond motifs is 1. The number of nitrogens with one attached hydrogen (secondary N) is 2. The lowest BCUT2D eigenvalue weighted by Gasteiger charge is -2.27. The maximum absolute atomic E-state index is 12.8. The van der Waals surface area contributed by atoms with Gasteiger partial charge in [0.2, 0.25) is 5.78 Å². The van der Waals surface area contributed by atoms with Crippen LogP contribution in [-0.4, -0.2) is 41.2 Å². The van der Waals surface area contributed by atoms with Crippen LogP contribution in [0, 0.1) is 13.8 Å². The average molecular weight is 397 g/mol. The van der Waals surface area contributed by atoms with Crippen LogP contribution in [-0.2, 0) is 0 Å². The molecule has 0 radical (unpaired) electrons. The maximum Gasteiger partial charge on any atom is 0.233 e. The minimum atomic E-state index is 0.00861. The number of nitrogens with zero attached hydrogens (tertiary/aromatic N) is 1.